The Balaban J connectivity index is 1.65. The van der Waals surface area contributed by atoms with E-state index in [4.69, 9.17) is 0 Å². The summed E-state index contributed by atoms with van der Waals surface area (Å²) in [6.07, 6.45) is 6.68. The molecule has 1 unspecified atom stereocenters. The average Bonchev–Trinajstić information content (AvgIpc) is 2.79. The van der Waals surface area contributed by atoms with Crippen LogP contribution in [0, 0.1) is 11.8 Å². The van der Waals surface area contributed by atoms with Crippen molar-refractivity contribution in [1.29, 1.82) is 0 Å². The van der Waals surface area contributed by atoms with Gasteiger partial charge >= 0.3 is 0 Å². The summed E-state index contributed by atoms with van der Waals surface area (Å²) in [5.74, 6) is 1.88. The van der Waals surface area contributed by atoms with E-state index in [1.54, 1.807) is 0 Å². The second-order valence-corrected chi connectivity index (χ2v) is 7.14. The Hall–Kier alpha value is -0.830. The number of benzene rings is 1. The van der Waals surface area contributed by atoms with Crippen LogP contribution in [0.5, 0.6) is 0 Å². The average molecular weight is 320 g/mol. The third-order valence-electron chi connectivity index (χ3n) is 5.35. The number of nitrogens with zero attached hydrogens (tertiary/aromatic N) is 1. The van der Waals surface area contributed by atoms with Crippen LogP contribution in [-0.4, -0.2) is 16.8 Å². The number of halogens is 1. The van der Waals surface area contributed by atoms with Crippen LogP contribution in [0.15, 0.2) is 22.7 Å². The number of amides is 1. The summed E-state index contributed by atoms with van der Waals surface area (Å²) in [4.78, 5) is 14.8. The molecular weight excluding hydrogens is 302 g/mol. The van der Waals surface area contributed by atoms with Gasteiger partial charge in [0.05, 0.1) is 0 Å². The lowest BCUT2D eigenvalue weighted by atomic mass is 9.67. The summed E-state index contributed by atoms with van der Waals surface area (Å²) in [6.45, 7) is 0.809. The fourth-order valence-corrected chi connectivity index (χ4v) is 4.80. The molecule has 0 radical (unpaired) electrons. The van der Waals surface area contributed by atoms with Crippen molar-refractivity contribution in [3.05, 3.63) is 33.8 Å². The first-order valence-corrected chi connectivity index (χ1v) is 8.11. The Morgan fingerprint density at radius 2 is 1.95 bits per heavy atom. The third-order valence-corrected chi connectivity index (χ3v) is 6.09. The first-order chi connectivity index (χ1) is 9.24. The maximum atomic E-state index is 12.6. The zero-order valence-corrected chi connectivity index (χ0v) is 12.5. The maximum Gasteiger partial charge on any atom is 0.254 e. The second-order valence-electron chi connectivity index (χ2n) is 6.28. The SMILES string of the molecule is O=C1c2cccc(Br)c2CN1C1CC2CCC1CC2. The van der Waals surface area contributed by atoms with E-state index in [0.29, 0.717) is 6.04 Å². The van der Waals surface area contributed by atoms with Crippen LogP contribution in [0.1, 0.15) is 48.0 Å². The maximum absolute atomic E-state index is 12.6. The molecule has 100 valence electrons. The van der Waals surface area contributed by atoms with Gasteiger partial charge in [0.2, 0.25) is 0 Å². The van der Waals surface area contributed by atoms with Crippen LogP contribution in [0.25, 0.3) is 0 Å². The predicted octanol–water partition coefficient (Wildman–Crippen LogP) is 3.98. The standard InChI is InChI=1S/C16H18BrNO/c17-14-3-1-2-12-13(14)9-18(16(12)19)15-8-10-4-6-11(15)7-5-10/h1-3,10-11,15H,4-9H2. The van der Waals surface area contributed by atoms with Crippen LogP contribution in [0.4, 0.5) is 0 Å². The third kappa shape index (κ3) is 1.78. The molecule has 2 bridgehead atoms. The molecule has 0 N–H and O–H groups in total. The summed E-state index contributed by atoms with van der Waals surface area (Å²) in [7, 11) is 0. The molecule has 19 heavy (non-hydrogen) atoms. The van der Waals surface area contributed by atoms with Gasteiger partial charge in [-0.1, -0.05) is 34.8 Å². The number of hydrogen-bond donors (Lipinski definition) is 0. The molecule has 1 aromatic rings. The summed E-state index contributed by atoms with van der Waals surface area (Å²) in [6, 6.07) is 6.49. The van der Waals surface area contributed by atoms with Crippen molar-refractivity contribution in [2.24, 2.45) is 11.8 Å². The molecule has 3 fully saturated rings. The Kier molecular flexibility index (Phi) is 2.73. The van der Waals surface area contributed by atoms with Gasteiger partial charge in [0.25, 0.3) is 5.91 Å². The first-order valence-electron chi connectivity index (χ1n) is 7.32. The van der Waals surface area contributed by atoms with Crippen molar-refractivity contribution >= 4 is 21.8 Å². The van der Waals surface area contributed by atoms with E-state index in [0.717, 1.165) is 28.4 Å². The normalized spacial score (nSPS) is 32.8. The quantitative estimate of drug-likeness (QED) is 0.766. The summed E-state index contributed by atoms with van der Waals surface area (Å²) >= 11 is 3.59. The number of carbonyl (C=O) groups is 1. The predicted molar refractivity (Wildman–Crippen MR) is 77.9 cm³/mol. The molecule has 0 saturated heterocycles. The molecule has 1 atom stereocenters. The van der Waals surface area contributed by atoms with Gasteiger partial charge in [-0.05, 0) is 48.8 Å². The van der Waals surface area contributed by atoms with Gasteiger partial charge in [-0.3, -0.25) is 4.79 Å². The highest BCUT2D eigenvalue weighted by atomic mass is 79.9. The van der Waals surface area contributed by atoms with Gasteiger partial charge in [-0.15, -0.1) is 0 Å². The van der Waals surface area contributed by atoms with Crippen molar-refractivity contribution in [3.63, 3.8) is 0 Å². The molecule has 1 aromatic carbocycles. The summed E-state index contributed by atoms with van der Waals surface area (Å²) in [5, 5.41) is 0. The molecule has 5 rings (SSSR count). The van der Waals surface area contributed by atoms with Crippen LogP contribution in [-0.2, 0) is 6.54 Å². The minimum atomic E-state index is 0.258. The second kappa shape index (κ2) is 4.34. The molecule has 3 saturated carbocycles. The van der Waals surface area contributed by atoms with E-state index in [1.165, 1.54) is 37.7 Å². The van der Waals surface area contributed by atoms with E-state index in [9.17, 15) is 4.79 Å². The van der Waals surface area contributed by atoms with Crippen molar-refractivity contribution in [1.82, 2.24) is 4.90 Å². The van der Waals surface area contributed by atoms with Gasteiger partial charge in [0.15, 0.2) is 0 Å². The van der Waals surface area contributed by atoms with Crippen molar-refractivity contribution in [2.75, 3.05) is 0 Å². The van der Waals surface area contributed by atoms with Gasteiger partial charge < -0.3 is 4.90 Å². The Bertz CT molecular complexity index is 534. The molecule has 1 aliphatic heterocycles. The molecule has 0 aromatic heterocycles. The zero-order valence-electron chi connectivity index (χ0n) is 10.9. The minimum absolute atomic E-state index is 0.258. The Morgan fingerprint density at radius 1 is 1.16 bits per heavy atom. The van der Waals surface area contributed by atoms with E-state index in [2.05, 4.69) is 20.8 Å². The van der Waals surface area contributed by atoms with Crippen LogP contribution in [0.2, 0.25) is 0 Å². The molecule has 1 amide bonds. The lowest BCUT2D eigenvalue weighted by Crippen LogP contribution is -2.47. The lowest BCUT2D eigenvalue weighted by Gasteiger charge is -2.46. The lowest BCUT2D eigenvalue weighted by molar-refractivity contribution is 0.0286. The largest absolute Gasteiger partial charge is 0.331 e. The van der Waals surface area contributed by atoms with Crippen LogP contribution >= 0.6 is 15.9 Å². The Morgan fingerprint density at radius 3 is 2.58 bits per heavy atom. The molecule has 2 nitrogen and oxygen atoms in total. The van der Waals surface area contributed by atoms with Gasteiger partial charge in [-0.2, -0.15) is 0 Å². The van der Waals surface area contributed by atoms with Crippen molar-refractivity contribution in [3.8, 4) is 0 Å². The van der Waals surface area contributed by atoms with E-state index < -0.39 is 0 Å². The fraction of sp³-hybridized carbons (Fsp3) is 0.562. The summed E-state index contributed by atoms with van der Waals surface area (Å²) in [5.41, 5.74) is 2.10. The minimum Gasteiger partial charge on any atom is -0.331 e. The Labute approximate surface area is 122 Å². The van der Waals surface area contributed by atoms with E-state index >= 15 is 0 Å². The molecule has 1 heterocycles. The number of hydrogen-bond acceptors (Lipinski definition) is 1. The van der Waals surface area contributed by atoms with Gasteiger partial charge in [-0.25, -0.2) is 0 Å². The first kappa shape index (κ1) is 12.0. The smallest absolute Gasteiger partial charge is 0.254 e. The van der Waals surface area contributed by atoms with Crippen molar-refractivity contribution < 1.29 is 4.79 Å². The highest BCUT2D eigenvalue weighted by Gasteiger charge is 2.43. The van der Waals surface area contributed by atoms with Gasteiger partial charge in [0.1, 0.15) is 0 Å². The topological polar surface area (TPSA) is 20.3 Å². The molecule has 4 aliphatic rings. The molecule has 0 spiro atoms. The number of fused-ring (bicyclic) bond motifs is 4. The van der Waals surface area contributed by atoms with Gasteiger partial charge in [0, 0.05) is 22.6 Å². The van der Waals surface area contributed by atoms with E-state index in [1.807, 2.05) is 18.2 Å². The number of rotatable bonds is 1. The number of carbonyl (C=O) groups excluding carboxylic acids is 1. The highest BCUT2D eigenvalue weighted by molar-refractivity contribution is 9.10. The fourth-order valence-electron chi connectivity index (χ4n) is 4.31. The molecule has 3 aliphatic carbocycles. The molecule has 3 heteroatoms. The molecular formula is C16H18BrNO. The highest BCUT2D eigenvalue weighted by Crippen LogP contribution is 2.45. The van der Waals surface area contributed by atoms with E-state index in [-0.39, 0.29) is 5.91 Å². The van der Waals surface area contributed by atoms with Crippen LogP contribution < -0.4 is 0 Å². The van der Waals surface area contributed by atoms with Crippen molar-refractivity contribution in [2.45, 2.75) is 44.7 Å². The van der Waals surface area contributed by atoms with Crippen LogP contribution in [0.3, 0.4) is 0 Å². The monoisotopic (exact) mass is 319 g/mol. The zero-order chi connectivity index (χ0) is 13.0. The summed E-state index contributed by atoms with van der Waals surface area (Å²) < 4.78 is 1.09.